The predicted octanol–water partition coefficient (Wildman–Crippen LogP) is 2.58. The van der Waals surface area contributed by atoms with Crippen LogP contribution >= 0.6 is 0 Å². The van der Waals surface area contributed by atoms with Gasteiger partial charge in [-0.3, -0.25) is 4.79 Å². The summed E-state index contributed by atoms with van der Waals surface area (Å²) in [7, 11) is 0. The SMILES string of the molecule is O=C(O)N1CC[C@H](c2cc(=O)[nH]o2)C[C@@H]1Cc1ccccc1F. The fourth-order valence-electron chi connectivity index (χ4n) is 3.17. The van der Waals surface area contributed by atoms with Crippen molar-refractivity contribution in [3.63, 3.8) is 0 Å². The second kappa shape index (κ2) is 6.28. The van der Waals surface area contributed by atoms with Crippen LogP contribution in [0.25, 0.3) is 0 Å². The summed E-state index contributed by atoms with van der Waals surface area (Å²) in [6.07, 6.45) is 0.340. The number of nitrogens with one attached hydrogen (secondary N) is 1. The molecule has 23 heavy (non-hydrogen) atoms. The van der Waals surface area contributed by atoms with Gasteiger partial charge in [0.1, 0.15) is 11.6 Å². The number of nitrogens with zero attached hydrogens (tertiary/aromatic N) is 1. The molecule has 1 aliphatic heterocycles. The molecule has 2 heterocycles. The zero-order chi connectivity index (χ0) is 16.4. The summed E-state index contributed by atoms with van der Waals surface area (Å²) in [4.78, 5) is 24.0. The van der Waals surface area contributed by atoms with Crippen molar-refractivity contribution in [1.82, 2.24) is 10.1 Å². The smallest absolute Gasteiger partial charge is 0.407 e. The van der Waals surface area contributed by atoms with Crippen molar-refractivity contribution in [2.75, 3.05) is 6.54 Å². The lowest BCUT2D eigenvalue weighted by molar-refractivity contribution is 0.0965. The zero-order valence-corrected chi connectivity index (χ0v) is 12.4. The minimum Gasteiger partial charge on any atom is -0.465 e. The van der Waals surface area contributed by atoms with Gasteiger partial charge in [-0.05, 0) is 30.9 Å². The van der Waals surface area contributed by atoms with Gasteiger partial charge >= 0.3 is 6.09 Å². The first-order valence-corrected chi connectivity index (χ1v) is 7.46. The third kappa shape index (κ3) is 3.28. The maximum atomic E-state index is 13.9. The van der Waals surface area contributed by atoms with Crippen molar-refractivity contribution in [1.29, 1.82) is 0 Å². The van der Waals surface area contributed by atoms with Crippen LogP contribution in [-0.2, 0) is 6.42 Å². The fourth-order valence-corrected chi connectivity index (χ4v) is 3.17. The average Bonchev–Trinajstić information content (AvgIpc) is 2.96. The van der Waals surface area contributed by atoms with Crippen molar-refractivity contribution in [3.05, 3.63) is 57.8 Å². The Morgan fingerprint density at radius 3 is 2.87 bits per heavy atom. The number of carboxylic acid groups (broad SMARTS) is 1. The Morgan fingerprint density at radius 1 is 1.43 bits per heavy atom. The number of piperidine rings is 1. The lowest BCUT2D eigenvalue weighted by Gasteiger charge is -2.37. The molecule has 1 aliphatic rings. The highest BCUT2D eigenvalue weighted by Crippen LogP contribution is 2.32. The highest BCUT2D eigenvalue weighted by molar-refractivity contribution is 5.65. The third-order valence-electron chi connectivity index (χ3n) is 4.32. The van der Waals surface area contributed by atoms with Gasteiger partial charge in [-0.2, -0.15) is 5.16 Å². The lowest BCUT2D eigenvalue weighted by Crippen LogP contribution is -2.46. The minimum atomic E-state index is -1.01. The number of amides is 1. The number of benzene rings is 1. The van der Waals surface area contributed by atoms with Gasteiger partial charge in [0, 0.05) is 24.6 Å². The van der Waals surface area contributed by atoms with Gasteiger partial charge in [0.05, 0.1) is 0 Å². The van der Waals surface area contributed by atoms with Gasteiger partial charge in [-0.15, -0.1) is 0 Å². The molecule has 1 aromatic heterocycles. The first-order valence-electron chi connectivity index (χ1n) is 7.46. The normalized spacial score (nSPS) is 21.3. The second-order valence-electron chi connectivity index (χ2n) is 5.76. The molecular weight excluding hydrogens is 303 g/mol. The molecular formula is C16H17FN2O4. The van der Waals surface area contributed by atoms with Crippen LogP contribution < -0.4 is 5.56 Å². The van der Waals surface area contributed by atoms with Crippen LogP contribution in [0.5, 0.6) is 0 Å². The molecule has 122 valence electrons. The summed E-state index contributed by atoms with van der Waals surface area (Å²) in [5.41, 5.74) is 0.172. The van der Waals surface area contributed by atoms with E-state index in [1.807, 2.05) is 0 Å². The van der Waals surface area contributed by atoms with Gasteiger partial charge < -0.3 is 14.5 Å². The summed E-state index contributed by atoms with van der Waals surface area (Å²) >= 11 is 0. The van der Waals surface area contributed by atoms with Crippen molar-refractivity contribution < 1.29 is 18.8 Å². The van der Waals surface area contributed by atoms with Crippen molar-refractivity contribution >= 4 is 6.09 Å². The van der Waals surface area contributed by atoms with Crippen LogP contribution in [0.1, 0.15) is 30.1 Å². The lowest BCUT2D eigenvalue weighted by atomic mass is 9.86. The number of halogens is 1. The Bertz CT molecular complexity index is 754. The fraction of sp³-hybridized carbons (Fsp3) is 0.375. The molecule has 0 spiro atoms. The Labute approximate surface area is 131 Å². The second-order valence-corrected chi connectivity index (χ2v) is 5.76. The maximum absolute atomic E-state index is 13.9. The van der Waals surface area contributed by atoms with Crippen LogP contribution in [0.3, 0.4) is 0 Å². The van der Waals surface area contributed by atoms with Crippen LogP contribution in [0, 0.1) is 5.82 Å². The molecule has 0 bridgehead atoms. The van der Waals surface area contributed by atoms with Crippen molar-refractivity contribution in [2.45, 2.75) is 31.2 Å². The van der Waals surface area contributed by atoms with E-state index in [1.54, 1.807) is 18.2 Å². The predicted molar refractivity (Wildman–Crippen MR) is 79.9 cm³/mol. The van der Waals surface area contributed by atoms with E-state index in [2.05, 4.69) is 5.16 Å². The molecule has 7 heteroatoms. The van der Waals surface area contributed by atoms with E-state index in [1.165, 1.54) is 17.0 Å². The molecule has 6 nitrogen and oxygen atoms in total. The van der Waals surface area contributed by atoms with Gasteiger partial charge in [-0.1, -0.05) is 18.2 Å². The highest BCUT2D eigenvalue weighted by atomic mass is 19.1. The summed E-state index contributed by atoms with van der Waals surface area (Å²) in [6, 6.07) is 7.40. The molecule has 0 radical (unpaired) electrons. The molecule has 2 aromatic rings. The highest BCUT2D eigenvalue weighted by Gasteiger charge is 2.34. The summed E-state index contributed by atoms with van der Waals surface area (Å²) in [5.74, 6) is 0.132. The number of H-pyrrole nitrogens is 1. The molecule has 1 fully saturated rings. The van der Waals surface area contributed by atoms with E-state index in [-0.39, 0.29) is 23.3 Å². The van der Waals surface area contributed by atoms with E-state index < -0.39 is 6.09 Å². The number of hydrogen-bond acceptors (Lipinski definition) is 3. The van der Waals surface area contributed by atoms with Crippen molar-refractivity contribution in [3.8, 4) is 0 Å². The molecule has 0 aliphatic carbocycles. The third-order valence-corrected chi connectivity index (χ3v) is 4.32. The molecule has 2 N–H and O–H groups in total. The van der Waals surface area contributed by atoms with E-state index in [4.69, 9.17) is 4.52 Å². The van der Waals surface area contributed by atoms with Crippen LogP contribution in [0.4, 0.5) is 9.18 Å². The molecule has 1 amide bonds. The standard InChI is InChI=1S/C16H17FN2O4/c17-13-4-2-1-3-10(13)7-12-8-11(5-6-19(12)16(21)22)14-9-15(20)18-23-14/h1-4,9,11-12H,5-8H2,(H,18,20)(H,21,22)/t11-,12-/m0/s1. The molecule has 2 atom stereocenters. The van der Waals surface area contributed by atoms with E-state index >= 15 is 0 Å². The van der Waals surface area contributed by atoms with Crippen LogP contribution in [-0.4, -0.2) is 33.8 Å². The summed E-state index contributed by atoms with van der Waals surface area (Å²) < 4.78 is 19.0. The first-order chi connectivity index (χ1) is 11.0. The summed E-state index contributed by atoms with van der Waals surface area (Å²) in [6.45, 7) is 0.327. The van der Waals surface area contributed by atoms with Crippen LogP contribution in [0.15, 0.2) is 39.6 Å². The van der Waals surface area contributed by atoms with E-state index in [0.29, 0.717) is 37.1 Å². The average molecular weight is 320 g/mol. The molecule has 0 unspecified atom stereocenters. The Morgan fingerprint density at radius 2 is 2.22 bits per heavy atom. The summed E-state index contributed by atoms with van der Waals surface area (Å²) in [5, 5.41) is 11.6. The number of aromatic amines is 1. The minimum absolute atomic E-state index is 0.0543. The molecule has 0 saturated carbocycles. The Balaban J connectivity index is 1.82. The Hall–Kier alpha value is -2.57. The van der Waals surface area contributed by atoms with E-state index in [9.17, 15) is 19.1 Å². The maximum Gasteiger partial charge on any atom is 0.407 e. The number of aromatic nitrogens is 1. The number of likely N-dealkylation sites (tertiary alicyclic amines) is 1. The number of hydrogen-bond donors (Lipinski definition) is 2. The largest absolute Gasteiger partial charge is 0.465 e. The zero-order valence-electron chi connectivity index (χ0n) is 12.4. The van der Waals surface area contributed by atoms with E-state index in [0.717, 1.165) is 0 Å². The quantitative estimate of drug-likeness (QED) is 0.910. The van der Waals surface area contributed by atoms with Gasteiger partial charge in [0.25, 0.3) is 5.56 Å². The topological polar surface area (TPSA) is 86.5 Å². The van der Waals surface area contributed by atoms with Crippen LogP contribution in [0.2, 0.25) is 0 Å². The van der Waals surface area contributed by atoms with Gasteiger partial charge in [0.15, 0.2) is 0 Å². The molecule has 1 aromatic carbocycles. The van der Waals surface area contributed by atoms with Gasteiger partial charge in [-0.25, -0.2) is 9.18 Å². The number of rotatable bonds is 3. The first kappa shape index (κ1) is 15.3. The van der Waals surface area contributed by atoms with Gasteiger partial charge in [0.2, 0.25) is 0 Å². The van der Waals surface area contributed by atoms with Crippen molar-refractivity contribution in [2.24, 2.45) is 0 Å². The number of carbonyl (C=O) groups is 1. The monoisotopic (exact) mass is 320 g/mol. The molecule has 3 rings (SSSR count). The Kier molecular flexibility index (Phi) is 4.18. The molecule has 1 saturated heterocycles.